The van der Waals surface area contributed by atoms with Crippen LogP contribution in [0.3, 0.4) is 0 Å². The van der Waals surface area contributed by atoms with E-state index in [1.807, 2.05) is 6.92 Å². The van der Waals surface area contributed by atoms with Crippen molar-refractivity contribution in [2.75, 3.05) is 19.8 Å². The molecule has 0 spiro atoms. The lowest BCUT2D eigenvalue weighted by Gasteiger charge is -2.19. The van der Waals surface area contributed by atoms with Gasteiger partial charge in [-0.2, -0.15) is 0 Å². The lowest BCUT2D eigenvalue weighted by atomic mass is 10.5. The van der Waals surface area contributed by atoms with Gasteiger partial charge in [0.05, 0.1) is 19.8 Å². The van der Waals surface area contributed by atoms with Crippen molar-refractivity contribution in [3.63, 3.8) is 0 Å². The van der Waals surface area contributed by atoms with Crippen LogP contribution in [-0.2, 0) is 13.6 Å². The summed E-state index contributed by atoms with van der Waals surface area (Å²) in [5.41, 5.74) is 0. The highest BCUT2D eigenvalue weighted by Gasteiger charge is 2.14. The third kappa shape index (κ3) is 2.59. The predicted molar refractivity (Wildman–Crippen MR) is 35.1 cm³/mol. The summed E-state index contributed by atoms with van der Waals surface area (Å²) in [5, 5.41) is 0. The molecule has 0 aromatic rings. The Kier molecular flexibility index (Phi) is 3.44. The maximum absolute atomic E-state index is 5.14. The molecule has 0 atom stereocenters. The quantitative estimate of drug-likeness (QED) is 0.560. The van der Waals surface area contributed by atoms with Crippen LogP contribution in [0.4, 0.5) is 0 Å². The molecule has 0 aromatic carbocycles. The summed E-state index contributed by atoms with van der Waals surface area (Å²) in [7, 11) is -0.972. The zero-order valence-electron chi connectivity index (χ0n) is 5.50. The van der Waals surface area contributed by atoms with Gasteiger partial charge in [0, 0.05) is 0 Å². The van der Waals surface area contributed by atoms with E-state index in [-0.39, 0.29) is 0 Å². The van der Waals surface area contributed by atoms with E-state index >= 15 is 0 Å². The Hall–Kier alpha value is 0.310. The minimum absolute atomic E-state index is 0.672. The van der Waals surface area contributed by atoms with Crippen LogP contribution in [0.25, 0.3) is 0 Å². The Bertz CT molecular complexity index is 69.8. The Morgan fingerprint density at radius 2 is 2.11 bits per heavy atom. The Balaban J connectivity index is 2.08. The molecule has 54 valence electrons. The standard InChI is InChI=1S/C5H11O3P/c1-2-6-9-7-4-3-5-8-9/h2-5H2,1H3. The first-order chi connectivity index (χ1) is 4.43. The van der Waals surface area contributed by atoms with Gasteiger partial charge in [0.2, 0.25) is 0 Å². The lowest BCUT2D eigenvalue weighted by molar-refractivity contribution is 0.119. The first-order valence-electron chi connectivity index (χ1n) is 3.12. The average Bonchev–Trinajstić information content (AvgIpc) is 1.91. The third-order valence-electron chi connectivity index (χ3n) is 0.917. The fourth-order valence-electron chi connectivity index (χ4n) is 0.554. The molecule has 1 saturated heterocycles. The molecule has 9 heavy (non-hydrogen) atoms. The van der Waals surface area contributed by atoms with Crippen molar-refractivity contribution < 1.29 is 13.6 Å². The summed E-state index contributed by atoms with van der Waals surface area (Å²) in [6.07, 6.45) is 0.992. The predicted octanol–water partition coefficient (Wildman–Crippen LogP) is 1.69. The van der Waals surface area contributed by atoms with E-state index in [1.165, 1.54) is 0 Å². The number of rotatable bonds is 2. The molecular formula is C5H11O3P. The maximum Gasteiger partial charge on any atom is 0.332 e. The SMILES string of the molecule is CCOP1OCCCO1. The summed E-state index contributed by atoms with van der Waals surface area (Å²) < 4.78 is 15.4. The van der Waals surface area contributed by atoms with Gasteiger partial charge in [0.1, 0.15) is 0 Å². The van der Waals surface area contributed by atoms with Gasteiger partial charge >= 0.3 is 8.60 Å². The largest absolute Gasteiger partial charge is 0.332 e. The van der Waals surface area contributed by atoms with Gasteiger partial charge in [-0.05, 0) is 13.3 Å². The second-order valence-corrected chi connectivity index (χ2v) is 2.88. The Morgan fingerprint density at radius 1 is 1.44 bits per heavy atom. The van der Waals surface area contributed by atoms with Crippen LogP contribution in [0.15, 0.2) is 0 Å². The molecule has 0 amide bonds. The van der Waals surface area contributed by atoms with E-state index in [0.29, 0.717) is 6.61 Å². The van der Waals surface area contributed by atoms with Crippen molar-refractivity contribution in [3.8, 4) is 0 Å². The molecule has 1 aliphatic rings. The minimum atomic E-state index is -0.972. The van der Waals surface area contributed by atoms with E-state index in [4.69, 9.17) is 13.6 Å². The molecule has 0 bridgehead atoms. The molecule has 3 nitrogen and oxygen atoms in total. The highest BCUT2D eigenvalue weighted by Crippen LogP contribution is 2.41. The highest BCUT2D eigenvalue weighted by atomic mass is 31.2. The van der Waals surface area contributed by atoms with Crippen LogP contribution in [0.2, 0.25) is 0 Å². The first kappa shape index (κ1) is 7.42. The van der Waals surface area contributed by atoms with Crippen molar-refractivity contribution in [1.29, 1.82) is 0 Å². The van der Waals surface area contributed by atoms with E-state index in [9.17, 15) is 0 Å². The van der Waals surface area contributed by atoms with E-state index in [0.717, 1.165) is 19.6 Å². The van der Waals surface area contributed by atoms with Crippen LogP contribution in [0, 0.1) is 0 Å². The third-order valence-corrected chi connectivity index (χ3v) is 2.17. The minimum Gasteiger partial charge on any atom is -0.313 e. The van der Waals surface area contributed by atoms with Crippen molar-refractivity contribution in [2.24, 2.45) is 0 Å². The van der Waals surface area contributed by atoms with Gasteiger partial charge in [-0.3, -0.25) is 0 Å². The van der Waals surface area contributed by atoms with Crippen LogP contribution in [-0.4, -0.2) is 19.8 Å². The summed E-state index contributed by atoms with van der Waals surface area (Å²) >= 11 is 0. The molecule has 1 fully saturated rings. The average molecular weight is 150 g/mol. The number of hydrogen-bond acceptors (Lipinski definition) is 3. The normalized spacial score (nSPS) is 22.3. The molecule has 1 rings (SSSR count). The molecule has 0 unspecified atom stereocenters. The van der Waals surface area contributed by atoms with Crippen molar-refractivity contribution in [3.05, 3.63) is 0 Å². The molecule has 0 aromatic heterocycles. The number of hydrogen-bond donors (Lipinski definition) is 0. The fourth-order valence-corrected chi connectivity index (χ4v) is 1.55. The topological polar surface area (TPSA) is 27.7 Å². The van der Waals surface area contributed by atoms with Gasteiger partial charge < -0.3 is 13.6 Å². The summed E-state index contributed by atoms with van der Waals surface area (Å²) in [6, 6.07) is 0. The molecular weight excluding hydrogens is 139 g/mol. The van der Waals surface area contributed by atoms with E-state index < -0.39 is 8.60 Å². The van der Waals surface area contributed by atoms with Gasteiger partial charge in [0.15, 0.2) is 0 Å². The summed E-state index contributed by atoms with van der Waals surface area (Å²) in [6.45, 7) is 4.17. The second kappa shape index (κ2) is 4.18. The van der Waals surface area contributed by atoms with Crippen LogP contribution >= 0.6 is 8.60 Å². The molecule has 0 saturated carbocycles. The highest BCUT2D eigenvalue weighted by molar-refractivity contribution is 7.41. The maximum atomic E-state index is 5.14. The Labute approximate surface area is 56.3 Å². The second-order valence-electron chi connectivity index (χ2n) is 1.66. The summed E-state index contributed by atoms with van der Waals surface area (Å²) in [5.74, 6) is 0. The molecule has 0 radical (unpaired) electrons. The molecule has 1 aliphatic heterocycles. The Morgan fingerprint density at radius 3 is 2.67 bits per heavy atom. The molecule has 0 N–H and O–H groups in total. The monoisotopic (exact) mass is 150 g/mol. The van der Waals surface area contributed by atoms with Crippen molar-refractivity contribution >= 4 is 8.60 Å². The van der Waals surface area contributed by atoms with Crippen LogP contribution in [0.5, 0.6) is 0 Å². The summed E-state index contributed by atoms with van der Waals surface area (Å²) in [4.78, 5) is 0. The zero-order valence-corrected chi connectivity index (χ0v) is 6.39. The van der Waals surface area contributed by atoms with E-state index in [2.05, 4.69) is 0 Å². The smallest absolute Gasteiger partial charge is 0.313 e. The van der Waals surface area contributed by atoms with Crippen molar-refractivity contribution in [2.45, 2.75) is 13.3 Å². The van der Waals surface area contributed by atoms with Gasteiger partial charge in [-0.25, -0.2) is 0 Å². The molecule has 0 aliphatic carbocycles. The fraction of sp³-hybridized carbons (Fsp3) is 1.00. The molecule has 4 heteroatoms. The van der Waals surface area contributed by atoms with Gasteiger partial charge in [-0.15, -0.1) is 0 Å². The van der Waals surface area contributed by atoms with Crippen LogP contribution in [0.1, 0.15) is 13.3 Å². The molecule has 1 heterocycles. The van der Waals surface area contributed by atoms with Gasteiger partial charge in [0.25, 0.3) is 0 Å². The van der Waals surface area contributed by atoms with Gasteiger partial charge in [-0.1, -0.05) is 0 Å². The zero-order chi connectivity index (χ0) is 6.53. The van der Waals surface area contributed by atoms with Crippen LogP contribution < -0.4 is 0 Å². The van der Waals surface area contributed by atoms with E-state index in [1.54, 1.807) is 0 Å². The van der Waals surface area contributed by atoms with Crippen molar-refractivity contribution in [1.82, 2.24) is 0 Å². The lowest BCUT2D eigenvalue weighted by Crippen LogP contribution is -2.06. The first-order valence-corrected chi connectivity index (χ1v) is 4.22.